The summed E-state index contributed by atoms with van der Waals surface area (Å²) < 4.78 is 16.7. The lowest BCUT2D eigenvalue weighted by Gasteiger charge is -2.27. The van der Waals surface area contributed by atoms with Gasteiger partial charge in [0, 0.05) is 57.5 Å². The third kappa shape index (κ3) is 18.2. The van der Waals surface area contributed by atoms with Crippen LogP contribution in [0.2, 0.25) is 5.02 Å². The van der Waals surface area contributed by atoms with Crippen molar-refractivity contribution >= 4 is 58.0 Å². The normalized spacial score (nSPS) is 17.5. The summed E-state index contributed by atoms with van der Waals surface area (Å²) in [5, 5.41) is 15.3. The third-order valence-corrected chi connectivity index (χ3v) is 12.0. The number of fused-ring (bicyclic) bond motifs is 1. The first-order chi connectivity index (χ1) is 30.2. The number of nitrogens with two attached hydrogens (primary N) is 5. The Balaban J connectivity index is 0.000000346. The number of anilines is 1. The van der Waals surface area contributed by atoms with Gasteiger partial charge in [-0.25, -0.2) is 9.18 Å². The van der Waals surface area contributed by atoms with Gasteiger partial charge < -0.3 is 43.2 Å². The molecule has 3 atom stereocenters. The zero-order chi connectivity index (χ0) is 46.3. The van der Waals surface area contributed by atoms with Crippen molar-refractivity contribution in [3.05, 3.63) is 38.9 Å². The Kier molecular flexibility index (Phi) is 23.6. The molecule has 16 nitrogen and oxygen atoms in total. The van der Waals surface area contributed by atoms with Crippen LogP contribution in [0.25, 0.3) is 10.9 Å². The number of pyridine rings is 1. The zero-order valence-corrected chi connectivity index (χ0v) is 39.1. The van der Waals surface area contributed by atoms with Crippen molar-refractivity contribution in [2.75, 3.05) is 44.2 Å². The van der Waals surface area contributed by atoms with Crippen LogP contribution in [0.5, 0.6) is 0 Å². The van der Waals surface area contributed by atoms with Crippen molar-refractivity contribution in [1.29, 1.82) is 0 Å². The molecule has 0 bridgehead atoms. The highest BCUT2D eigenvalue weighted by atomic mass is 35.5. The van der Waals surface area contributed by atoms with Crippen molar-refractivity contribution < 1.29 is 14.3 Å². The molecule has 1 aliphatic carbocycles. The number of nitrogens with zero attached hydrogens (tertiary/aromatic N) is 6. The van der Waals surface area contributed by atoms with Crippen LogP contribution in [0, 0.1) is 17.7 Å². The number of hydrogen-bond donors (Lipinski definition) is 8. The summed E-state index contributed by atoms with van der Waals surface area (Å²) in [6, 6.07) is 1.13. The number of carboxylic acid groups (broad SMARTS) is 1. The standard InChI is InChI=1S/C26H56N10.C19H21ClFN3O3/c1-5-9-15-21(7-3)19-33-25(29)35-23(27)31-17-13-11-12-14-18-32-24(28)36-26(30)34-20-22(8-4)16-10-6-2;20-15-16-12(18(25)13(19(26)27)9-24(16)11-4-5-11)7-14(21)17(15)23-6-2-1-3-10(22)8-23/h21-22H,5-20H2,1-4H3,(H5,27,29,31,33,35)(H5,28,30,32,34,36);7,9-11H,1-6,8,22H2,(H,26,27)/t;10-/m.1/s1. The summed E-state index contributed by atoms with van der Waals surface area (Å²) in [7, 11) is 0. The van der Waals surface area contributed by atoms with Gasteiger partial charge in [0.1, 0.15) is 11.4 Å². The number of aliphatic imine (C=N–C) groups is 4. The van der Waals surface area contributed by atoms with Gasteiger partial charge in [0.15, 0.2) is 23.8 Å². The number of rotatable bonds is 22. The van der Waals surface area contributed by atoms with E-state index >= 15 is 4.39 Å². The zero-order valence-electron chi connectivity index (χ0n) is 38.3. The number of aromatic nitrogens is 1. The molecule has 1 aromatic carbocycles. The van der Waals surface area contributed by atoms with Crippen LogP contribution in [0.1, 0.15) is 153 Å². The van der Waals surface area contributed by atoms with Crippen molar-refractivity contribution in [3.63, 3.8) is 0 Å². The van der Waals surface area contributed by atoms with Crippen LogP contribution in [0.15, 0.2) is 37.0 Å². The van der Waals surface area contributed by atoms with E-state index in [0.717, 1.165) is 89.8 Å². The summed E-state index contributed by atoms with van der Waals surface area (Å²) in [5.74, 6) is 0.494. The number of hydrogen-bond acceptors (Lipinski definition) is 8. The van der Waals surface area contributed by atoms with Gasteiger partial charge in [-0.3, -0.25) is 35.4 Å². The molecule has 2 fully saturated rings. The van der Waals surface area contributed by atoms with Crippen LogP contribution in [0.4, 0.5) is 10.1 Å². The van der Waals surface area contributed by atoms with E-state index in [-0.39, 0.29) is 33.7 Å². The molecular weight excluding hydrogens is 825 g/mol. The molecule has 0 spiro atoms. The van der Waals surface area contributed by atoms with E-state index in [1.807, 2.05) is 4.90 Å². The fourth-order valence-corrected chi connectivity index (χ4v) is 7.99. The van der Waals surface area contributed by atoms with E-state index in [2.05, 4.69) is 58.3 Å². The molecule has 2 aromatic rings. The summed E-state index contributed by atoms with van der Waals surface area (Å²) in [4.78, 5) is 43.4. The minimum Gasteiger partial charge on any atom is -0.477 e. The van der Waals surface area contributed by atoms with E-state index in [4.69, 9.17) is 40.3 Å². The van der Waals surface area contributed by atoms with Gasteiger partial charge >= 0.3 is 5.97 Å². The number of unbranched alkanes of at least 4 members (excludes halogenated alkanes) is 5. The van der Waals surface area contributed by atoms with E-state index < -0.39 is 17.2 Å². The monoisotopic (exact) mass is 902 g/mol. The molecule has 0 radical (unpaired) electrons. The predicted octanol–water partition coefficient (Wildman–Crippen LogP) is 6.56. The van der Waals surface area contributed by atoms with E-state index in [1.54, 1.807) is 4.57 Å². The quantitative estimate of drug-likeness (QED) is 0.0356. The van der Waals surface area contributed by atoms with Gasteiger partial charge in [0.25, 0.3) is 0 Å². The van der Waals surface area contributed by atoms with Crippen molar-refractivity contribution in [3.8, 4) is 0 Å². The number of guanidine groups is 4. The second-order valence-corrected chi connectivity index (χ2v) is 17.3. The molecule has 18 heteroatoms. The first kappa shape index (κ1) is 52.7. The molecule has 2 aliphatic rings. The Bertz CT molecular complexity index is 1860. The minimum atomic E-state index is -1.32. The average Bonchev–Trinajstić information content (AvgIpc) is 4.11. The number of halogens is 2. The van der Waals surface area contributed by atoms with Crippen LogP contribution in [-0.4, -0.2) is 84.8 Å². The fraction of sp³-hybridized carbons (Fsp3) is 0.689. The number of carboxylic acids is 1. The van der Waals surface area contributed by atoms with Crippen LogP contribution < -0.4 is 49.6 Å². The van der Waals surface area contributed by atoms with E-state index in [1.165, 1.54) is 44.7 Å². The minimum absolute atomic E-state index is 0.00664. The molecule has 354 valence electrons. The van der Waals surface area contributed by atoms with Gasteiger partial charge in [-0.15, -0.1) is 0 Å². The second-order valence-electron chi connectivity index (χ2n) is 16.9. The highest BCUT2D eigenvalue weighted by molar-refractivity contribution is 6.38. The van der Waals surface area contributed by atoms with Crippen LogP contribution >= 0.6 is 11.6 Å². The fourth-order valence-electron chi connectivity index (χ4n) is 7.58. The smallest absolute Gasteiger partial charge is 0.341 e. The molecule has 1 aromatic heterocycles. The predicted molar refractivity (Wildman–Crippen MR) is 260 cm³/mol. The first-order valence-electron chi connectivity index (χ1n) is 23.3. The van der Waals surface area contributed by atoms with Crippen molar-refractivity contribution in [2.45, 2.75) is 149 Å². The molecular formula is C45H77ClFN13O3. The number of carbonyl (C=O) groups is 1. The molecule has 2 heterocycles. The SMILES string of the molecule is CCCCC(CC)CN=C(N)NC(N)=NCCCCCCN=C(N)NC(N)=NCC(CC)CCCC.N[C@@H]1CCCCN(c2c(F)cc3c(=O)c(C(=O)O)cn(C4CC4)c3c2Cl)C1. The lowest BCUT2D eigenvalue weighted by atomic mass is 10.00. The number of nitrogens with one attached hydrogen (secondary N) is 2. The molecule has 2 unspecified atom stereocenters. The Morgan fingerprint density at radius 1 is 0.825 bits per heavy atom. The van der Waals surface area contributed by atoms with Crippen molar-refractivity contribution in [2.24, 2.45) is 60.5 Å². The Hall–Kier alpha value is -4.64. The first-order valence-corrected chi connectivity index (χ1v) is 23.7. The van der Waals surface area contributed by atoms with Gasteiger partial charge in [0.2, 0.25) is 5.43 Å². The molecule has 13 N–H and O–H groups in total. The molecule has 1 aliphatic heterocycles. The summed E-state index contributed by atoms with van der Waals surface area (Å²) >= 11 is 6.63. The molecule has 63 heavy (non-hydrogen) atoms. The van der Waals surface area contributed by atoms with Gasteiger partial charge in [0.05, 0.1) is 21.6 Å². The van der Waals surface area contributed by atoms with Gasteiger partial charge in [-0.2, -0.15) is 0 Å². The lowest BCUT2D eigenvalue weighted by molar-refractivity contribution is 0.0694. The summed E-state index contributed by atoms with van der Waals surface area (Å²) in [6.07, 6.45) is 19.2. The van der Waals surface area contributed by atoms with Crippen LogP contribution in [0.3, 0.4) is 0 Å². The summed E-state index contributed by atoms with van der Waals surface area (Å²) in [6.45, 7) is 12.7. The lowest BCUT2D eigenvalue weighted by Crippen LogP contribution is -2.42. The largest absolute Gasteiger partial charge is 0.477 e. The Morgan fingerprint density at radius 2 is 1.35 bits per heavy atom. The molecule has 0 amide bonds. The topological polar surface area (TPSA) is 266 Å². The van der Waals surface area contributed by atoms with Crippen molar-refractivity contribution in [1.82, 2.24) is 15.2 Å². The molecule has 1 saturated carbocycles. The summed E-state index contributed by atoms with van der Waals surface area (Å²) in [5.41, 5.74) is 29.4. The van der Waals surface area contributed by atoms with E-state index in [0.29, 0.717) is 67.4 Å². The maximum atomic E-state index is 15.0. The van der Waals surface area contributed by atoms with Crippen LogP contribution in [-0.2, 0) is 0 Å². The maximum Gasteiger partial charge on any atom is 0.341 e. The molecule has 1 saturated heterocycles. The van der Waals surface area contributed by atoms with E-state index in [9.17, 15) is 14.7 Å². The van der Waals surface area contributed by atoms with Gasteiger partial charge in [-0.05, 0) is 69.3 Å². The Morgan fingerprint density at radius 3 is 1.83 bits per heavy atom. The number of aromatic carboxylic acids is 1. The highest BCUT2D eigenvalue weighted by Gasteiger charge is 2.31. The highest BCUT2D eigenvalue weighted by Crippen LogP contribution is 2.42. The van der Waals surface area contributed by atoms with Gasteiger partial charge in [-0.1, -0.05) is 97.1 Å². The number of benzene rings is 1. The second kappa shape index (κ2) is 28.2. The Labute approximate surface area is 378 Å². The third-order valence-electron chi connectivity index (χ3n) is 11.6. The average molecular weight is 903 g/mol. The maximum absolute atomic E-state index is 15.0. The molecule has 4 rings (SSSR count).